The van der Waals surface area contributed by atoms with Gasteiger partial charge in [-0.3, -0.25) is 14.4 Å². The molecule has 2 aromatic rings. The molecule has 254 valence electrons. The lowest BCUT2D eigenvalue weighted by molar-refractivity contribution is -0.136. The number of ether oxygens (including phenoxy) is 2. The van der Waals surface area contributed by atoms with Gasteiger partial charge in [0.1, 0.15) is 11.7 Å². The maximum absolute atomic E-state index is 13.7. The van der Waals surface area contributed by atoms with Crippen molar-refractivity contribution in [2.24, 2.45) is 5.92 Å². The summed E-state index contributed by atoms with van der Waals surface area (Å²) in [5, 5.41) is 2.94. The van der Waals surface area contributed by atoms with Gasteiger partial charge in [-0.1, -0.05) is 31.4 Å². The van der Waals surface area contributed by atoms with Crippen molar-refractivity contribution < 1.29 is 32.6 Å². The number of nitrogens with one attached hydrogen (secondary N) is 1. The lowest BCUT2D eigenvalue weighted by atomic mass is 9.93. The number of likely N-dealkylation sites (tertiary alicyclic amines) is 1. The van der Waals surface area contributed by atoms with Gasteiger partial charge in [-0.05, 0) is 93.5 Å². The van der Waals surface area contributed by atoms with Gasteiger partial charge < -0.3 is 24.6 Å². The van der Waals surface area contributed by atoms with E-state index in [9.17, 15) is 23.2 Å². The summed E-state index contributed by atoms with van der Waals surface area (Å²) in [6.45, 7) is -0.325. The molecule has 2 heterocycles. The molecule has 11 heteroatoms. The second kappa shape index (κ2) is 15.0. The molecule has 3 amide bonds. The van der Waals surface area contributed by atoms with E-state index in [1.807, 2.05) is 4.90 Å². The molecule has 1 unspecified atom stereocenters. The molecule has 4 fully saturated rings. The normalized spacial score (nSPS) is 22.0. The Kier molecular flexibility index (Phi) is 10.6. The van der Waals surface area contributed by atoms with Gasteiger partial charge in [-0.2, -0.15) is 8.78 Å². The molecule has 6 rings (SSSR count). The van der Waals surface area contributed by atoms with E-state index in [1.165, 1.54) is 32.3 Å². The summed E-state index contributed by atoms with van der Waals surface area (Å²) < 4.78 is 37.1. The van der Waals surface area contributed by atoms with Crippen molar-refractivity contribution in [3.05, 3.63) is 53.3 Å². The summed E-state index contributed by atoms with van der Waals surface area (Å²) in [4.78, 5) is 48.1. The van der Waals surface area contributed by atoms with Crippen LogP contribution in [0.3, 0.4) is 0 Å². The molecule has 0 spiro atoms. The van der Waals surface area contributed by atoms with Gasteiger partial charge in [0.25, 0.3) is 5.91 Å². The number of amides is 3. The molecule has 1 aromatic carbocycles. The Labute approximate surface area is 275 Å². The van der Waals surface area contributed by atoms with E-state index >= 15 is 0 Å². The third kappa shape index (κ3) is 8.40. The summed E-state index contributed by atoms with van der Waals surface area (Å²) >= 11 is 0. The predicted octanol–water partition coefficient (Wildman–Crippen LogP) is 6.21. The van der Waals surface area contributed by atoms with Crippen LogP contribution in [0.2, 0.25) is 0 Å². The first kappa shape index (κ1) is 33.2. The van der Waals surface area contributed by atoms with Crippen LogP contribution in [0.4, 0.5) is 8.78 Å². The minimum absolute atomic E-state index is 0.0195. The molecular weight excluding hydrogens is 606 g/mol. The Morgan fingerprint density at radius 2 is 1.72 bits per heavy atom. The summed E-state index contributed by atoms with van der Waals surface area (Å²) in [5.41, 5.74) is 1.76. The van der Waals surface area contributed by atoms with Gasteiger partial charge >= 0.3 is 6.61 Å². The Balaban J connectivity index is 1.11. The van der Waals surface area contributed by atoms with Gasteiger partial charge in [0.15, 0.2) is 11.5 Å². The van der Waals surface area contributed by atoms with E-state index in [4.69, 9.17) is 9.47 Å². The monoisotopic (exact) mass is 652 g/mol. The minimum Gasteiger partial charge on any atom is -0.487 e. The van der Waals surface area contributed by atoms with Gasteiger partial charge in [-0.15, -0.1) is 0 Å². The number of carbonyl (C=O) groups is 3. The van der Waals surface area contributed by atoms with Crippen LogP contribution in [0.15, 0.2) is 36.4 Å². The van der Waals surface area contributed by atoms with Gasteiger partial charge in [0, 0.05) is 32.0 Å². The molecule has 2 atom stereocenters. The molecule has 47 heavy (non-hydrogen) atoms. The SMILES string of the molecule is CC(=O)N1CC(c2ccc(OC(F)F)c(OC3CCCC3)c2)C[C@@H]1C(=O)NCc1cccc(C(=O)N(CC2CC2)C2CCCCC2)n1. The van der Waals surface area contributed by atoms with Crippen LogP contribution < -0.4 is 14.8 Å². The summed E-state index contributed by atoms with van der Waals surface area (Å²) in [7, 11) is 0. The van der Waals surface area contributed by atoms with E-state index < -0.39 is 12.7 Å². The van der Waals surface area contributed by atoms with E-state index in [0.29, 0.717) is 30.3 Å². The van der Waals surface area contributed by atoms with Crippen LogP contribution in [0, 0.1) is 5.92 Å². The number of halogens is 2. The van der Waals surface area contributed by atoms with E-state index in [0.717, 1.165) is 63.5 Å². The molecule has 4 aliphatic rings. The maximum atomic E-state index is 13.7. The van der Waals surface area contributed by atoms with Gasteiger partial charge in [0.2, 0.25) is 11.8 Å². The molecular formula is C36H46F2N4O5. The highest BCUT2D eigenvalue weighted by Crippen LogP contribution is 2.39. The van der Waals surface area contributed by atoms with Crippen LogP contribution >= 0.6 is 0 Å². The van der Waals surface area contributed by atoms with Crippen molar-refractivity contribution in [3.8, 4) is 11.5 Å². The fourth-order valence-electron chi connectivity index (χ4n) is 7.43. The number of carbonyl (C=O) groups excluding carboxylic acids is 3. The Morgan fingerprint density at radius 1 is 0.979 bits per heavy atom. The zero-order valence-electron chi connectivity index (χ0n) is 27.2. The first-order chi connectivity index (χ1) is 22.7. The van der Waals surface area contributed by atoms with Crippen LogP contribution in [0.1, 0.15) is 112 Å². The van der Waals surface area contributed by atoms with E-state index in [-0.39, 0.29) is 53.8 Å². The highest BCUT2D eigenvalue weighted by Gasteiger charge is 2.39. The van der Waals surface area contributed by atoms with Crippen molar-refractivity contribution in [1.29, 1.82) is 0 Å². The molecule has 3 saturated carbocycles. The highest BCUT2D eigenvalue weighted by molar-refractivity contribution is 5.92. The molecule has 1 saturated heterocycles. The molecule has 9 nitrogen and oxygen atoms in total. The second-order valence-corrected chi connectivity index (χ2v) is 13.7. The van der Waals surface area contributed by atoms with Crippen molar-refractivity contribution in [1.82, 2.24) is 20.1 Å². The number of alkyl halides is 2. The number of nitrogens with zero attached hydrogens (tertiary/aromatic N) is 3. The lowest BCUT2D eigenvalue weighted by Crippen LogP contribution is -2.45. The first-order valence-electron chi connectivity index (χ1n) is 17.3. The van der Waals surface area contributed by atoms with E-state index in [1.54, 1.807) is 35.2 Å². The van der Waals surface area contributed by atoms with Crippen molar-refractivity contribution in [3.63, 3.8) is 0 Å². The Bertz CT molecular complexity index is 1420. The summed E-state index contributed by atoms with van der Waals surface area (Å²) in [6.07, 6.45) is 12.0. The average Bonchev–Trinajstić information content (AvgIpc) is 3.53. The number of aromatic nitrogens is 1. The molecule has 0 bridgehead atoms. The molecule has 0 radical (unpaired) electrons. The highest BCUT2D eigenvalue weighted by atomic mass is 19.3. The summed E-state index contributed by atoms with van der Waals surface area (Å²) in [6, 6.07) is 9.79. The number of hydrogen-bond acceptors (Lipinski definition) is 6. The smallest absolute Gasteiger partial charge is 0.387 e. The topological polar surface area (TPSA) is 101 Å². The maximum Gasteiger partial charge on any atom is 0.387 e. The number of pyridine rings is 1. The largest absolute Gasteiger partial charge is 0.487 e. The Morgan fingerprint density at radius 3 is 2.43 bits per heavy atom. The molecule has 3 aliphatic carbocycles. The number of benzene rings is 1. The molecule has 1 aromatic heterocycles. The Hall–Kier alpha value is -3.76. The van der Waals surface area contributed by atoms with E-state index in [2.05, 4.69) is 10.3 Å². The fraction of sp³-hybridized carbons (Fsp3) is 0.611. The standard InChI is InChI=1S/C36H46F2N4O5/c1-23(43)41-22-26(25-16-17-32(47-36(37)38)33(19-25)46-29-11-5-6-12-29)18-31(41)34(44)39-20-27-8-7-13-30(40-27)35(45)42(21-24-14-15-24)28-9-3-2-4-10-28/h7-8,13,16-17,19,24,26,28-29,31,36H,2-6,9-12,14-15,18,20-22H2,1H3,(H,39,44)/t26?,31-/m1/s1. The zero-order chi connectivity index (χ0) is 32.9. The van der Waals surface area contributed by atoms with Crippen molar-refractivity contribution in [2.75, 3.05) is 13.1 Å². The van der Waals surface area contributed by atoms with Crippen LogP contribution in [-0.4, -0.2) is 70.4 Å². The summed E-state index contributed by atoms with van der Waals surface area (Å²) in [5.74, 6) is 0.0525. The molecule has 1 aliphatic heterocycles. The average molecular weight is 653 g/mol. The lowest BCUT2D eigenvalue weighted by Gasteiger charge is -2.34. The van der Waals surface area contributed by atoms with Gasteiger partial charge in [-0.25, -0.2) is 4.98 Å². The fourth-order valence-corrected chi connectivity index (χ4v) is 7.43. The second-order valence-electron chi connectivity index (χ2n) is 13.7. The van der Waals surface area contributed by atoms with Gasteiger partial charge in [0.05, 0.1) is 18.3 Å². The molecule has 1 N–H and O–H groups in total. The minimum atomic E-state index is -2.98. The quantitative estimate of drug-likeness (QED) is 0.293. The van der Waals surface area contributed by atoms with Crippen molar-refractivity contribution in [2.45, 2.75) is 121 Å². The zero-order valence-corrected chi connectivity index (χ0v) is 27.2. The first-order valence-corrected chi connectivity index (χ1v) is 17.3. The predicted molar refractivity (Wildman–Crippen MR) is 171 cm³/mol. The van der Waals surface area contributed by atoms with Crippen LogP contribution in [0.5, 0.6) is 11.5 Å². The third-order valence-electron chi connectivity index (χ3n) is 10.2. The van der Waals surface area contributed by atoms with Crippen LogP contribution in [0.25, 0.3) is 0 Å². The van der Waals surface area contributed by atoms with Crippen LogP contribution in [-0.2, 0) is 16.1 Å². The van der Waals surface area contributed by atoms with Crippen molar-refractivity contribution >= 4 is 17.7 Å². The number of rotatable bonds is 12. The number of hydrogen-bond donors (Lipinski definition) is 1. The third-order valence-corrected chi connectivity index (χ3v) is 10.2.